The molecule has 1 saturated heterocycles. The van der Waals surface area contributed by atoms with Crippen LogP contribution in [0.2, 0.25) is 0 Å². The lowest BCUT2D eigenvalue weighted by molar-refractivity contribution is -0.116. The van der Waals surface area contributed by atoms with Crippen LogP contribution in [0.25, 0.3) is 0 Å². The number of pyridine rings is 1. The van der Waals surface area contributed by atoms with Crippen molar-refractivity contribution in [2.75, 3.05) is 18.4 Å². The number of hydrogen-bond donors (Lipinski definition) is 2. The Hall–Kier alpha value is -1.71. The quantitative estimate of drug-likeness (QED) is 0.760. The number of amides is 1. The number of anilines is 1. The molecule has 3 heterocycles. The Kier molecular flexibility index (Phi) is 6.74. The largest absolute Gasteiger partial charge is 0.317 e. The molecule has 0 aliphatic carbocycles. The van der Waals surface area contributed by atoms with E-state index >= 15 is 0 Å². The summed E-state index contributed by atoms with van der Waals surface area (Å²) in [6, 6.07) is 3.06. The number of rotatable bonds is 4. The summed E-state index contributed by atoms with van der Waals surface area (Å²) in [6.07, 6.45) is 3.56. The van der Waals surface area contributed by atoms with Crippen LogP contribution in [0.5, 0.6) is 0 Å². The van der Waals surface area contributed by atoms with Gasteiger partial charge in [0.05, 0.1) is 0 Å². The van der Waals surface area contributed by atoms with Gasteiger partial charge in [0.2, 0.25) is 11.9 Å². The van der Waals surface area contributed by atoms with E-state index in [1.807, 2.05) is 0 Å². The lowest BCUT2D eigenvalue weighted by Gasteiger charge is -2.19. The van der Waals surface area contributed by atoms with Crippen molar-refractivity contribution in [2.45, 2.75) is 25.3 Å². The van der Waals surface area contributed by atoms with E-state index in [9.17, 15) is 9.59 Å². The molecule has 8 nitrogen and oxygen atoms in total. The Balaban J connectivity index is 0.00000225. The second-order valence-electron chi connectivity index (χ2n) is 5.80. The zero-order valence-electron chi connectivity index (χ0n) is 13.7. The number of piperidine rings is 1. The highest BCUT2D eigenvalue weighted by Gasteiger charge is 2.21. The lowest BCUT2D eigenvalue weighted by Crippen LogP contribution is -2.27. The Morgan fingerprint density at radius 3 is 2.84 bits per heavy atom. The molecule has 2 aromatic heterocycles. The molecule has 2 N–H and O–H groups in total. The Morgan fingerprint density at radius 1 is 1.40 bits per heavy atom. The minimum Gasteiger partial charge on any atom is -0.317 e. The van der Waals surface area contributed by atoms with Crippen LogP contribution in [0.1, 0.15) is 24.6 Å². The van der Waals surface area contributed by atoms with E-state index in [4.69, 9.17) is 0 Å². The number of carbonyl (C=O) groups excluding carboxylic acids is 1. The number of aryl methyl sites for hydroxylation is 1. The lowest BCUT2D eigenvalue weighted by atomic mass is 9.98. The standard InChI is InChI=1S/C15H19BrN6O2.ClH/c1-21-15(19-14(20-21)10-4-6-17-7-5-10)18-12(23)9-22-8-11(16)2-3-13(22)24;/h2-3,8,10,17H,4-7,9H2,1H3,(H,18,19,20,23);1H. The number of carbonyl (C=O) groups is 1. The Bertz CT molecular complexity index is 800. The second-order valence-corrected chi connectivity index (χ2v) is 6.72. The van der Waals surface area contributed by atoms with E-state index < -0.39 is 0 Å². The van der Waals surface area contributed by atoms with Crippen LogP contribution in [0, 0.1) is 0 Å². The maximum atomic E-state index is 12.2. The SMILES string of the molecule is Cl.Cn1nc(C2CCNCC2)nc1NC(=O)Cn1cc(Br)ccc1=O. The van der Waals surface area contributed by atoms with E-state index in [-0.39, 0.29) is 30.4 Å². The van der Waals surface area contributed by atoms with Crippen molar-refractivity contribution in [1.82, 2.24) is 24.6 Å². The van der Waals surface area contributed by atoms with Crippen molar-refractivity contribution in [3.05, 3.63) is 39.0 Å². The molecule has 0 spiro atoms. The van der Waals surface area contributed by atoms with Crippen molar-refractivity contribution >= 4 is 40.2 Å². The fraction of sp³-hybridized carbons (Fsp3) is 0.467. The monoisotopic (exact) mass is 430 g/mol. The second kappa shape index (κ2) is 8.59. The van der Waals surface area contributed by atoms with Gasteiger partial charge in [0, 0.05) is 29.7 Å². The van der Waals surface area contributed by atoms with Gasteiger partial charge in [0.25, 0.3) is 5.56 Å². The molecule has 3 rings (SSSR count). The molecule has 0 saturated carbocycles. The van der Waals surface area contributed by atoms with Gasteiger partial charge < -0.3 is 9.88 Å². The molecule has 1 aliphatic rings. The predicted molar refractivity (Wildman–Crippen MR) is 100 cm³/mol. The average Bonchev–Trinajstić information content (AvgIpc) is 2.92. The maximum Gasteiger partial charge on any atom is 0.251 e. The van der Waals surface area contributed by atoms with Crippen LogP contribution in [-0.2, 0) is 18.4 Å². The van der Waals surface area contributed by atoms with Crippen molar-refractivity contribution in [2.24, 2.45) is 7.05 Å². The van der Waals surface area contributed by atoms with Gasteiger partial charge >= 0.3 is 0 Å². The van der Waals surface area contributed by atoms with E-state index in [2.05, 4.69) is 36.6 Å². The fourth-order valence-corrected chi connectivity index (χ4v) is 3.09. The fourth-order valence-electron chi connectivity index (χ4n) is 2.71. The number of aromatic nitrogens is 4. The van der Waals surface area contributed by atoms with Crippen LogP contribution in [-0.4, -0.2) is 38.3 Å². The van der Waals surface area contributed by atoms with Gasteiger partial charge in [0.15, 0.2) is 5.82 Å². The third-order valence-electron chi connectivity index (χ3n) is 4.00. The Labute approximate surface area is 159 Å². The van der Waals surface area contributed by atoms with Crippen LogP contribution in [0.3, 0.4) is 0 Å². The molecule has 2 aromatic rings. The smallest absolute Gasteiger partial charge is 0.251 e. The predicted octanol–water partition coefficient (Wildman–Crippen LogP) is 1.27. The van der Waals surface area contributed by atoms with E-state index in [1.165, 1.54) is 10.6 Å². The van der Waals surface area contributed by atoms with Crippen molar-refractivity contribution in [3.63, 3.8) is 0 Å². The molecule has 0 unspecified atom stereocenters. The molecule has 1 fully saturated rings. The summed E-state index contributed by atoms with van der Waals surface area (Å²) < 4.78 is 3.64. The highest BCUT2D eigenvalue weighted by atomic mass is 79.9. The molecule has 10 heteroatoms. The first-order chi connectivity index (χ1) is 11.5. The summed E-state index contributed by atoms with van der Waals surface area (Å²) >= 11 is 3.29. The molecule has 136 valence electrons. The van der Waals surface area contributed by atoms with Gasteiger partial charge in [-0.2, -0.15) is 10.1 Å². The number of nitrogens with one attached hydrogen (secondary N) is 2. The minimum atomic E-state index is -0.317. The van der Waals surface area contributed by atoms with Gasteiger partial charge in [-0.15, -0.1) is 12.4 Å². The van der Waals surface area contributed by atoms with Crippen molar-refractivity contribution in [3.8, 4) is 0 Å². The first-order valence-electron chi connectivity index (χ1n) is 7.80. The van der Waals surface area contributed by atoms with Gasteiger partial charge in [-0.3, -0.25) is 14.9 Å². The number of hydrogen-bond acceptors (Lipinski definition) is 5. The van der Waals surface area contributed by atoms with Crippen LogP contribution in [0.4, 0.5) is 5.95 Å². The van der Waals surface area contributed by atoms with Crippen LogP contribution >= 0.6 is 28.3 Å². The first kappa shape index (κ1) is 19.6. The molecular formula is C15H20BrClN6O2. The highest BCUT2D eigenvalue weighted by molar-refractivity contribution is 9.10. The van der Waals surface area contributed by atoms with Crippen LogP contribution in [0.15, 0.2) is 27.6 Å². The van der Waals surface area contributed by atoms with Gasteiger partial charge in [-0.1, -0.05) is 0 Å². The van der Waals surface area contributed by atoms with Gasteiger partial charge in [0.1, 0.15) is 6.54 Å². The van der Waals surface area contributed by atoms with Gasteiger partial charge in [-0.05, 0) is 47.9 Å². The zero-order valence-corrected chi connectivity index (χ0v) is 16.1. The first-order valence-corrected chi connectivity index (χ1v) is 8.60. The molecule has 25 heavy (non-hydrogen) atoms. The van der Waals surface area contributed by atoms with Crippen molar-refractivity contribution in [1.29, 1.82) is 0 Å². The van der Waals surface area contributed by atoms with Crippen molar-refractivity contribution < 1.29 is 4.79 Å². The number of halogens is 2. The summed E-state index contributed by atoms with van der Waals surface area (Å²) in [5, 5.41) is 10.4. The molecule has 0 bridgehead atoms. The molecule has 0 atom stereocenters. The summed E-state index contributed by atoms with van der Waals surface area (Å²) in [5.41, 5.74) is -0.235. The summed E-state index contributed by atoms with van der Waals surface area (Å²) in [5.74, 6) is 1.16. The summed E-state index contributed by atoms with van der Waals surface area (Å²) in [6.45, 7) is 1.83. The molecule has 0 radical (unpaired) electrons. The summed E-state index contributed by atoms with van der Waals surface area (Å²) in [4.78, 5) is 28.4. The van der Waals surface area contributed by atoms with Crippen LogP contribution < -0.4 is 16.2 Å². The zero-order chi connectivity index (χ0) is 17.1. The minimum absolute atomic E-state index is 0. The normalized spacial score (nSPS) is 14.8. The summed E-state index contributed by atoms with van der Waals surface area (Å²) in [7, 11) is 1.75. The van der Waals surface area contributed by atoms with E-state index in [0.29, 0.717) is 11.9 Å². The average molecular weight is 432 g/mol. The topological polar surface area (TPSA) is 93.8 Å². The molecule has 0 aromatic carbocycles. The Morgan fingerprint density at radius 2 is 2.12 bits per heavy atom. The molecule has 1 aliphatic heterocycles. The van der Waals surface area contributed by atoms with E-state index in [0.717, 1.165) is 36.2 Å². The third-order valence-corrected chi connectivity index (χ3v) is 4.47. The highest BCUT2D eigenvalue weighted by Crippen LogP contribution is 2.23. The molecule has 1 amide bonds. The third kappa shape index (κ3) is 4.90. The van der Waals surface area contributed by atoms with Gasteiger partial charge in [-0.25, -0.2) is 4.68 Å². The molecular weight excluding hydrogens is 412 g/mol. The van der Waals surface area contributed by atoms with E-state index in [1.54, 1.807) is 24.0 Å². The maximum absolute atomic E-state index is 12.2. The number of nitrogens with zero attached hydrogens (tertiary/aromatic N) is 4.